The van der Waals surface area contributed by atoms with Crippen molar-refractivity contribution in [2.24, 2.45) is 0 Å². The third kappa shape index (κ3) is 55.4. The summed E-state index contributed by atoms with van der Waals surface area (Å²) in [7, 11) is -4.77. The number of phosphoric ester groups is 1. The van der Waals surface area contributed by atoms with Gasteiger partial charge in [-0.3, -0.25) is 23.4 Å². The molecule has 0 spiro atoms. The zero-order chi connectivity index (χ0) is 55.5. The Morgan fingerprint density at radius 2 is 0.711 bits per heavy atom. The quantitative estimate of drug-likeness (QED) is 0.0197. The molecular weight excluding hydrogens is 976 g/mol. The van der Waals surface area contributed by atoms with Crippen molar-refractivity contribution in [1.82, 2.24) is 0 Å². The number of hydrogen-bond donors (Lipinski definition) is 2. The molecule has 0 amide bonds. The van der Waals surface area contributed by atoms with E-state index in [4.69, 9.17) is 23.3 Å². The molecule has 438 valence electrons. The Bertz CT molecular complexity index is 1600. The number of unbranched alkanes of at least 4 members (excludes halogenated alkanes) is 25. The first-order chi connectivity index (χ1) is 37.2. The van der Waals surface area contributed by atoms with Crippen molar-refractivity contribution in [1.29, 1.82) is 0 Å². The summed E-state index contributed by atoms with van der Waals surface area (Å²) in [4.78, 5) is 48.6. The first-order valence-corrected chi connectivity index (χ1v) is 32.0. The Hall–Kier alpha value is -3.34. The molecule has 0 aliphatic rings. The van der Waals surface area contributed by atoms with Crippen LogP contribution < -0.4 is 0 Å². The van der Waals surface area contributed by atoms with Crippen LogP contribution >= 0.6 is 7.82 Å². The lowest BCUT2D eigenvalue weighted by Crippen LogP contribution is -2.30. The van der Waals surface area contributed by atoms with Crippen LogP contribution in [0.2, 0.25) is 0 Å². The number of hydrogen-bond acceptors (Lipinski definition) is 10. The molecule has 0 radical (unpaired) electrons. The van der Waals surface area contributed by atoms with Crippen molar-refractivity contribution in [3.8, 4) is 0 Å². The van der Waals surface area contributed by atoms with E-state index in [2.05, 4.69) is 93.7 Å². The molecule has 12 heteroatoms. The number of carbonyl (C=O) groups is 3. The van der Waals surface area contributed by atoms with Crippen LogP contribution in [0.1, 0.15) is 265 Å². The number of carbonyl (C=O) groups excluding carboxylic acids is 3. The van der Waals surface area contributed by atoms with Crippen LogP contribution in [0.5, 0.6) is 0 Å². The zero-order valence-electron chi connectivity index (χ0n) is 48.5. The van der Waals surface area contributed by atoms with E-state index in [0.717, 1.165) is 77.0 Å². The van der Waals surface area contributed by atoms with Gasteiger partial charge in [0.1, 0.15) is 12.7 Å². The monoisotopic (exact) mass is 1090 g/mol. The first kappa shape index (κ1) is 72.7. The lowest BCUT2D eigenvalue weighted by molar-refractivity contribution is -0.161. The maximum absolute atomic E-state index is 12.9. The van der Waals surface area contributed by atoms with Gasteiger partial charge in [-0.15, -0.1) is 0 Å². The van der Waals surface area contributed by atoms with Crippen LogP contribution in [0.25, 0.3) is 0 Å². The maximum atomic E-state index is 12.9. The summed E-state index contributed by atoms with van der Waals surface area (Å²) in [5.41, 5.74) is 0. The van der Waals surface area contributed by atoms with Gasteiger partial charge >= 0.3 is 25.7 Å². The molecule has 0 aliphatic carbocycles. The molecule has 76 heavy (non-hydrogen) atoms. The molecular formula is C64H111O11P. The van der Waals surface area contributed by atoms with Gasteiger partial charge in [0.15, 0.2) is 6.10 Å². The van der Waals surface area contributed by atoms with E-state index in [1.165, 1.54) is 122 Å². The van der Waals surface area contributed by atoms with Crippen molar-refractivity contribution in [3.63, 3.8) is 0 Å². The molecule has 0 rings (SSSR count). The lowest BCUT2D eigenvalue weighted by atomic mass is 10.0. The third-order valence-corrected chi connectivity index (χ3v) is 13.8. The Morgan fingerprint density at radius 3 is 1.13 bits per heavy atom. The summed E-state index contributed by atoms with van der Waals surface area (Å²) in [6, 6.07) is 0. The molecule has 11 nitrogen and oxygen atoms in total. The van der Waals surface area contributed by atoms with Crippen molar-refractivity contribution in [3.05, 3.63) is 85.1 Å². The zero-order valence-corrected chi connectivity index (χ0v) is 49.3. The fourth-order valence-corrected chi connectivity index (χ4v) is 8.99. The van der Waals surface area contributed by atoms with Gasteiger partial charge in [0, 0.05) is 19.3 Å². The number of esters is 3. The maximum Gasteiger partial charge on any atom is 0.472 e. The smallest absolute Gasteiger partial charge is 0.462 e. The second-order valence-electron chi connectivity index (χ2n) is 20.1. The highest BCUT2D eigenvalue weighted by atomic mass is 31.2. The number of aliphatic hydroxyl groups excluding tert-OH is 1. The average molecular weight is 1090 g/mol. The molecule has 0 saturated heterocycles. The normalized spacial score (nSPS) is 13.9. The molecule has 0 fully saturated rings. The highest BCUT2D eigenvalue weighted by Crippen LogP contribution is 2.43. The largest absolute Gasteiger partial charge is 0.472 e. The van der Waals surface area contributed by atoms with E-state index in [9.17, 15) is 28.9 Å². The van der Waals surface area contributed by atoms with Gasteiger partial charge in [0.05, 0.1) is 19.8 Å². The SMILES string of the molecule is CC/C=C\C/C=C\C/C=C\C/C=C\C/C=C\C/C=C\CCC(=O)OC(COC(=O)CCCCCCCCCCCCCCC)COP(=O)(O)OCC(CO)OC(=O)CCCCCCCCC/C=C\CCCCCCCC. The Morgan fingerprint density at radius 1 is 0.382 bits per heavy atom. The molecule has 0 aliphatic heterocycles. The Balaban J connectivity index is 4.78. The lowest BCUT2D eigenvalue weighted by Gasteiger charge is -2.21. The van der Waals surface area contributed by atoms with Crippen LogP contribution in [0.15, 0.2) is 85.1 Å². The minimum absolute atomic E-state index is 0.0416. The summed E-state index contributed by atoms with van der Waals surface area (Å²) >= 11 is 0. The second kappa shape index (κ2) is 57.8. The summed E-state index contributed by atoms with van der Waals surface area (Å²) < 4.78 is 39.5. The van der Waals surface area contributed by atoms with Crippen LogP contribution in [-0.4, -0.2) is 66.5 Å². The van der Waals surface area contributed by atoms with Gasteiger partial charge in [-0.05, 0) is 83.5 Å². The highest BCUT2D eigenvalue weighted by Gasteiger charge is 2.28. The molecule has 0 saturated carbocycles. The third-order valence-electron chi connectivity index (χ3n) is 12.8. The standard InChI is InChI=1S/C64H111O11P/c1-4-7-10-13-16-19-22-25-27-29-30-32-34-37-40-43-46-49-52-55-64(68)75-61(57-71-62(66)53-50-47-44-41-38-35-24-21-18-15-12-9-6-3)59-73-76(69,70)72-58-60(56-65)74-63(67)54-51-48-45-42-39-36-33-31-28-26-23-20-17-14-11-8-5-2/h7,10,16,19,25-28,30,32,37,40,46,49,60-61,65H,4-6,8-9,11-15,17-18,20-24,29,31,33-36,38-39,41-45,47-48,50-59H2,1-3H3,(H,69,70)/b10-7-,19-16-,27-25-,28-26-,32-30-,40-37-,49-46-. The van der Waals surface area contributed by atoms with E-state index in [1.54, 1.807) is 0 Å². The summed E-state index contributed by atoms with van der Waals surface area (Å²) in [6.45, 7) is 4.46. The van der Waals surface area contributed by atoms with Gasteiger partial charge in [0.2, 0.25) is 0 Å². The van der Waals surface area contributed by atoms with Crippen molar-refractivity contribution >= 4 is 25.7 Å². The van der Waals surface area contributed by atoms with Gasteiger partial charge in [-0.25, -0.2) is 4.57 Å². The molecule has 2 N–H and O–H groups in total. The fourth-order valence-electron chi connectivity index (χ4n) is 8.20. The van der Waals surface area contributed by atoms with E-state index < -0.39 is 57.8 Å². The number of aliphatic hydroxyl groups is 1. The minimum atomic E-state index is -4.77. The van der Waals surface area contributed by atoms with E-state index >= 15 is 0 Å². The predicted octanol–water partition coefficient (Wildman–Crippen LogP) is 18.3. The molecule has 0 bridgehead atoms. The number of allylic oxidation sites excluding steroid dienone is 14. The van der Waals surface area contributed by atoms with Crippen LogP contribution in [0, 0.1) is 0 Å². The molecule has 3 atom stereocenters. The summed E-state index contributed by atoms with van der Waals surface area (Å²) in [5, 5.41) is 9.83. The Labute approximate surface area is 464 Å². The van der Waals surface area contributed by atoms with Crippen LogP contribution in [-0.2, 0) is 42.2 Å². The number of phosphoric acid groups is 1. The topological polar surface area (TPSA) is 155 Å². The molecule has 0 heterocycles. The predicted molar refractivity (Wildman–Crippen MR) is 316 cm³/mol. The van der Waals surface area contributed by atoms with Gasteiger partial charge in [-0.2, -0.15) is 0 Å². The highest BCUT2D eigenvalue weighted by molar-refractivity contribution is 7.47. The molecule has 0 aromatic rings. The molecule has 0 aromatic heterocycles. The minimum Gasteiger partial charge on any atom is -0.462 e. The van der Waals surface area contributed by atoms with Crippen LogP contribution in [0.3, 0.4) is 0 Å². The average Bonchev–Trinajstić information content (AvgIpc) is 3.41. The fraction of sp³-hybridized carbons (Fsp3) is 0.734. The van der Waals surface area contributed by atoms with Gasteiger partial charge in [0.25, 0.3) is 0 Å². The molecule has 3 unspecified atom stereocenters. The van der Waals surface area contributed by atoms with Crippen molar-refractivity contribution in [2.45, 2.75) is 277 Å². The Kier molecular flexibility index (Phi) is 55.3. The number of ether oxygens (including phenoxy) is 3. The first-order valence-electron chi connectivity index (χ1n) is 30.5. The van der Waals surface area contributed by atoms with E-state index in [1.807, 2.05) is 12.2 Å². The van der Waals surface area contributed by atoms with Gasteiger partial charge < -0.3 is 24.2 Å². The summed E-state index contributed by atoms with van der Waals surface area (Å²) in [5.74, 6) is -1.56. The summed E-state index contributed by atoms with van der Waals surface area (Å²) in [6.07, 6.45) is 66.9. The van der Waals surface area contributed by atoms with E-state index in [-0.39, 0.29) is 25.9 Å². The second-order valence-corrected chi connectivity index (χ2v) is 21.6. The van der Waals surface area contributed by atoms with Crippen LogP contribution in [0.4, 0.5) is 0 Å². The van der Waals surface area contributed by atoms with Crippen molar-refractivity contribution < 1.29 is 52.2 Å². The van der Waals surface area contributed by atoms with Crippen molar-refractivity contribution in [2.75, 3.05) is 26.4 Å². The van der Waals surface area contributed by atoms with Gasteiger partial charge in [-0.1, -0.05) is 247 Å². The molecule has 0 aromatic carbocycles. The van der Waals surface area contributed by atoms with E-state index in [0.29, 0.717) is 25.7 Å². The number of rotatable bonds is 56.